The number of halogens is 1. The highest BCUT2D eigenvalue weighted by molar-refractivity contribution is 6.30. The van der Waals surface area contributed by atoms with Crippen molar-refractivity contribution >= 4 is 17.6 Å². The average molecular weight is 321 g/mol. The number of nitrogens with one attached hydrogen (secondary N) is 1. The van der Waals surface area contributed by atoms with Crippen molar-refractivity contribution in [2.24, 2.45) is 0 Å². The SMILES string of the molecule is CC[C@H]1CCCCN1C(=O)NCC1(c2ccc(Cl)cc2)CC1. The Labute approximate surface area is 138 Å². The third-order valence-corrected chi connectivity index (χ3v) is 5.50. The zero-order valence-corrected chi connectivity index (χ0v) is 14.0. The van der Waals surface area contributed by atoms with E-state index in [1.807, 2.05) is 17.0 Å². The largest absolute Gasteiger partial charge is 0.337 e. The smallest absolute Gasteiger partial charge is 0.317 e. The summed E-state index contributed by atoms with van der Waals surface area (Å²) in [6.45, 7) is 3.81. The standard InChI is InChI=1S/C18H25ClN2O/c1-2-16-5-3-4-12-21(16)17(22)20-13-18(10-11-18)14-6-8-15(19)9-7-14/h6-9,16H,2-5,10-13H2,1H3,(H,20,22)/t16-/m0/s1. The van der Waals surface area contributed by atoms with Crippen molar-refractivity contribution in [3.05, 3.63) is 34.9 Å². The van der Waals surface area contributed by atoms with Gasteiger partial charge in [-0.05, 0) is 56.2 Å². The zero-order valence-electron chi connectivity index (χ0n) is 13.3. The number of urea groups is 1. The summed E-state index contributed by atoms with van der Waals surface area (Å²) in [6.07, 6.45) is 6.86. The fourth-order valence-corrected chi connectivity index (χ4v) is 3.69. The Hall–Kier alpha value is -1.22. The van der Waals surface area contributed by atoms with Crippen LogP contribution in [-0.2, 0) is 5.41 Å². The van der Waals surface area contributed by atoms with Gasteiger partial charge in [0.15, 0.2) is 0 Å². The number of carbonyl (C=O) groups excluding carboxylic acids is 1. The van der Waals surface area contributed by atoms with Gasteiger partial charge in [0.25, 0.3) is 0 Å². The summed E-state index contributed by atoms with van der Waals surface area (Å²) in [4.78, 5) is 14.6. The molecule has 1 heterocycles. The minimum Gasteiger partial charge on any atom is -0.337 e. The van der Waals surface area contributed by atoms with Crippen molar-refractivity contribution in [3.63, 3.8) is 0 Å². The lowest BCUT2D eigenvalue weighted by Gasteiger charge is -2.35. The molecule has 0 aromatic heterocycles. The second-order valence-corrected chi connectivity index (χ2v) is 7.13. The Balaban J connectivity index is 1.59. The molecule has 1 aromatic rings. The number of amides is 2. The Morgan fingerprint density at radius 1 is 1.32 bits per heavy atom. The maximum absolute atomic E-state index is 12.5. The molecule has 0 bridgehead atoms. The van der Waals surface area contributed by atoms with Gasteiger partial charge in [-0.15, -0.1) is 0 Å². The molecule has 3 rings (SSSR count). The summed E-state index contributed by atoms with van der Waals surface area (Å²) < 4.78 is 0. The van der Waals surface area contributed by atoms with Gasteiger partial charge in [-0.2, -0.15) is 0 Å². The van der Waals surface area contributed by atoms with Crippen molar-refractivity contribution in [1.82, 2.24) is 10.2 Å². The molecule has 1 saturated heterocycles. The Morgan fingerprint density at radius 3 is 2.68 bits per heavy atom. The van der Waals surface area contributed by atoms with Crippen LogP contribution in [0.1, 0.15) is 51.0 Å². The Bertz CT molecular complexity index is 524. The summed E-state index contributed by atoms with van der Waals surface area (Å²) in [5.74, 6) is 0. The van der Waals surface area contributed by atoms with Crippen LogP contribution in [0.2, 0.25) is 5.02 Å². The van der Waals surface area contributed by atoms with Crippen LogP contribution in [0.5, 0.6) is 0 Å². The highest BCUT2D eigenvalue weighted by atomic mass is 35.5. The highest BCUT2D eigenvalue weighted by Gasteiger charge is 2.44. The van der Waals surface area contributed by atoms with Crippen molar-refractivity contribution in [2.45, 2.75) is 56.9 Å². The molecule has 1 atom stereocenters. The Kier molecular flexibility index (Phi) is 4.62. The number of hydrogen-bond acceptors (Lipinski definition) is 1. The molecule has 22 heavy (non-hydrogen) atoms. The first kappa shape index (κ1) is 15.7. The van der Waals surface area contributed by atoms with Gasteiger partial charge in [-0.3, -0.25) is 0 Å². The summed E-state index contributed by atoms with van der Waals surface area (Å²) in [5, 5.41) is 3.95. The van der Waals surface area contributed by atoms with Crippen LogP contribution in [0, 0.1) is 0 Å². The molecule has 0 spiro atoms. The van der Waals surface area contributed by atoms with Crippen LogP contribution in [-0.4, -0.2) is 30.1 Å². The van der Waals surface area contributed by atoms with Gasteiger partial charge in [0.05, 0.1) is 0 Å². The third kappa shape index (κ3) is 3.24. The van der Waals surface area contributed by atoms with Crippen LogP contribution < -0.4 is 5.32 Å². The fourth-order valence-electron chi connectivity index (χ4n) is 3.56. The molecule has 1 aliphatic carbocycles. The van der Waals surface area contributed by atoms with Crippen LogP contribution >= 0.6 is 11.6 Å². The number of hydrogen-bond donors (Lipinski definition) is 1. The lowest BCUT2D eigenvalue weighted by Crippen LogP contribution is -2.49. The summed E-state index contributed by atoms with van der Waals surface area (Å²) >= 11 is 5.97. The van der Waals surface area contributed by atoms with E-state index in [1.54, 1.807) is 0 Å². The monoisotopic (exact) mass is 320 g/mol. The van der Waals surface area contributed by atoms with E-state index in [0.717, 1.165) is 50.2 Å². The van der Waals surface area contributed by atoms with E-state index in [4.69, 9.17) is 11.6 Å². The normalized spacial score (nSPS) is 23.2. The predicted molar refractivity (Wildman–Crippen MR) is 90.4 cm³/mol. The van der Waals surface area contributed by atoms with Gasteiger partial charge >= 0.3 is 6.03 Å². The van der Waals surface area contributed by atoms with Crippen molar-refractivity contribution in [1.29, 1.82) is 0 Å². The molecule has 1 aromatic carbocycles. The minimum absolute atomic E-state index is 0.117. The first-order valence-electron chi connectivity index (χ1n) is 8.45. The lowest BCUT2D eigenvalue weighted by molar-refractivity contribution is 0.148. The van der Waals surface area contributed by atoms with Crippen LogP contribution in [0.15, 0.2) is 24.3 Å². The molecule has 1 N–H and O–H groups in total. The molecule has 1 aliphatic heterocycles. The number of piperidine rings is 1. The first-order valence-corrected chi connectivity index (χ1v) is 8.83. The molecular formula is C18H25ClN2O. The van der Waals surface area contributed by atoms with E-state index in [1.165, 1.54) is 12.0 Å². The second-order valence-electron chi connectivity index (χ2n) is 6.70. The van der Waals surface area contributed by atoms with E-state index < -0.39 is 0 Å². The van der Waals surface area contributed by atoms with Gasteiger partial charge in [-0.1, -0.05) is 30.7 Å². The van der Waals surface area contributed by atoms with E-state index in [2.05, 4.69) is 24.4 Å². The number of nitrogens with zero attached hydrogens (tertiary/aromatic N) is 1. The molecule has 0 radical (unpaired) electrons. The number of benzene rings is 1. The molecule has 1 saturated carbocycles. The zero-order chi connectivity index (χ0) is 15.6. The summed E-state index contributed by atoms with van der Waals surface area (Å²) in [6, 6.07) is 8.60. The summed E-state index contributed by atoms with van der Waals surface area (Å²) in [7, 11) is 0. The number of rotatable bonds is 4. The van der Waals surface area contributed by atoms with Gasteiger partial charge < -0.3 is 10.2 Å². The molecule has 120 valence electrons. The van der Waals surface area contributed by atoms with Crippen molar-refractivity contribution in [3.8, 4) is 0 Å². The van der Waals surface area contributed by atoms with Gasteiger partial charge in [0.2, 0.25) is 0 Å². The summed E-state index contributed by atoms with van der Waals surface area (Å²) in [5.41, 5.74) is 1.43. The van der Waals surface area contributed by atoms with Crippen molar-refractivity contribution < 1.29 is 4.79 Å². The average Bonchev–Trinajstić information content (AvgIpc) is 3.34. The highest BCUT2D eigenvalue weighted by Crippen LogP contribution is 2.47. The van der Waals surface area contributed by atoms with Gasteiger partial charge in [0.1, 0.15) is 0 Å². The molecule has 4 heteroatoms. The maximum atomic E-state index is 12.5. The van der Waals surface area contributed by atoms with E-state index in [9.17, 15) is 4.79 Å². The molecule has 2 fully saturated rings. The fraction of sp³-hybridized carbons (Fsp3) is 0.611. The van der Waals surface area contributed by atoms with E-state index >= 15 is 0 Å². The lowest BCUT2D eigenvalue weighted by atomic mass is 9.96. The topological polar surface area (TPSA) is 32.3 Å². The molecular weight excluding hydrogens is 296 g/mol. The molecule has 0 unspecified atom stereocenters. The van der Waals surface area contributed by atoms with Crippen molar-refractivity contribution in [2.75, 3.05) is 13.1 Å². The van der Waals surface area contributed by atoms with Gasteiger partial charge in [-0.25, -0.2) is 4.79 Å². The van der Waals surface area contributed by atoms with Gasteiger partial charge in [0, 0.05) is 29.6 Å². The second kappa shape index (κ2) is 6.49. The predicted octanol–water partition coefficient (Wildman–Crippen LogP) is 4.35. The van der Waals surface area contributed by atoms with Crippen LogP contribution in [0.4, 0.5) is 4.79 Å². The number of likely N-dealkylation sites (tertiary alicyclic amines) is 1. The first-order chi connectivity index (χ1) is 10.6. The van der Waals surface area contributed by atoms with Crippen LogP contribution in [0.25, 0.3) is 0 Å². The third-order valence-electron chi connectivity index (χ3n) is 5.25. The quantitative estimate of drug-likeness (QED) is 0.879. The number of carbonyl (C=O) groups is 1. The minimum atomic E-state index is 0.117. The Morgan fingerprint density at radius 2 is 2.05 bits per heavy atom. The molecule has 2 aliphatic rings. The van der Waals surface area contributed by atoms with E-state index in [0.29, 0.717) is 6.04 Å². The molecule has 3 nitrogen and oxygen atoms in total. The maximum Gasteiger partial charge on any atom is 0.317 e. The molecule has 2 amide bonds. The van der Waals surface area contributed by atoms with Crippen LogP contribution in [0.3, 0.4) is 0 Å². The van der Waals surface area contributed by atoms with E-state index in [-0.39, 0.29) is 11.4 Å².